The summed E-state index contributed by atoms with van der Waals surface area (Å²) in [5.41, 5.74) is 0. The first-order valence-electron chi connectivity index (χ1n) is 6.70. The molecule has 5 heteroatoms. The topological polar surface area (TPSA) is 64.6 Å². The van der Waals surface area contributed by atoms with Gasteiger partial charge in [-0.1, -0.05) is 19.1 Å². The van der Waals surface area contributed by atoms with Crippen molar-refractivity contribution in [3.8, 4) is 0 Å². The lowest BCUT2D eigenvalue weighted by Gasteiger charge is -2.30. The van der Waals surface area contributed by atoms with E-state index in [1.54, 1.807) is 0 Å². The first-order chi connectivity index (χ1) is 9.04. The maximum atomic E-state index is 11.5. The monoisotopic (exact) mass is 269 g/mol. The number of nitrogens with one attached hydrogen (secondary N) is 1. The summed E-state index contributed by atoms with van der Waals surface area (Å²) >= 11 is 0. The quantitative estimate of drug-likeness (QED) is 0.449. The molecule has 1 N–H and O–H groups in total. The number of carbonyl (C=O) groups is 2. The minimum Gasteiger partial charge on any atom is -0.468 e. The van der Waals surface area contributed by atoms with E-state index in [1.165, 1.54) is 14.0 Å². The van der Waals surface area contributed by atoms with Crippen LogP contribution in [0.3, 0.4) is 0 Å². The lowest BCUT2D eigenvalue weighted by molar-refractivity contribution is -0.142. The standard InChI is InChI=1S/C14H23NO4/c1-10-7-8-13(14(17)18-3)15-12(10)6-4-5-9-19-11(2)16/h7-8,10,12-13,15H,4-6,9H2,1-3H3/t10-,12+,13+/m1/s1. The SMILES string of the molecule is COC(=O)[C@@H]1C=C[C@@H](C)[C@H](CCCCOC(C)=O)N1. The average molecular weight is 269 g/mol. The molecule has 0 unspecified atom stereocenters. The first-order valence-corrected chi connectivity index (χ1v) is 6.70. The van der Waals surface area contributed by atoms with E-state index in [2.05, 4.69) is 18.3 Å². The van der Waals surface area contributed by atoms with Crippen molar-refractivity contribution in [1.29, 1.82) is 0 Å². The molecule has 0 aliphatic carbocycles. The highest BCUT2D eigenvalue weighted by Gasteiger charge is 2.26. The van der Waals surface area contributed by atoms with Gasteiger partial charge in [-0.3, -0.25) is 14.9 Å². The normalized spacial score (nSPS) is 25.9. The Morgan fingerprint density at radius 1 is 1.26 bits per heavy atom. The van der Waals surface area contributed by atoms with Crippen LogP contribution in [0.1, 0.15) is 33.1 Å². The number of methoxy groups -OCH3 is 1. The van der Waals surface area contributed by atoms with Gasteiger partial charge in [0.2, 0.25) is 0 Å². The van der Waals surface area contributed by atoms with Crippen LogP contribution in [0.5, 0.6) is 0 Å². The number of unbranched alkanes of at least 4 members (excludes halogenated alkanes) is 1. The highest BCUT2D eigenvalue weighted by Crippen LogP contribution is 2.18. The van der Waals surface area contributed by atoms with Crippen LogP contribution in [0.2, 0.25) is 0 Å². The number of hydrogen-bond donors (Lipinski definition) is 1. The smallest absolute Gasteiger partial charge is 0.326 e. The van der Waals surface area contributed by atoms with E-state index in [0.717, 1.165) is 19.3 Å². The van der Waals surface area contributed by atoms with Gasteiger partial charge in [-0.2, -0.15) is 0 Å². The number of rotatable bonds is 6. The highest BCUT2D eigenvalue weighted by molar-refractivity contribution is 5.78. The van der Waals surface area contributed by atoms with Crippen LogP contribution in [0.4, 0.5) is 0 Å². The molecule has 0 fully saturated rings. The lowest BCUT2D eigenvalue weighted by Crippen LogP contribution is -2.48. The van der Waals surface area contributed by atoms with Crippen molar-refractivity contribution in [2.45, 2.75) is 45.2 Å². The molecular weight excluding hydrogens is 246 g/mol. The summed E-state index contributed by atoms with van der Waals surface area (Å²) in [5.74, 6) is -0.111. The van der Waals surface area contributed by atoms with Crippen LogP contribution in [-0.4, -0.2) is 37.7 Å². The molecule has 1 rings (SSSR count). The van der Waals surface area contributed by atoms with Crippen LogP contribution in [0.15, 0.2) is 12.2 Å². The molecule has 0 bridgehead atoms. The fourth-order valence-electron chi connectivity index (χ4n) is 2.16. The Bertz CT molecular complexity index is 340. The summed E-state index contributed by atoms with van der Waals surface area (Å²) in [6.45, 7) is 4.00. The zero-order valence-electron chi connectivity index (χ0n) is 11.8. The predicted octanol–water partition coefficient (Wildman–Crippen LogP) is 1.43. The Kier molecular flexibility index (Phi) is 6.56. The molecule has 108 valence electrons. The van der Waals surface area contributed by atoms with Crippen molar-refractivity contribution in [2.24, 2.45) is 5.92 Å². The lowest BCUT2D eigenvalue weighted by atomic mass is 9.91. The molecule has 0 saturated heterocycles. The Labute approximate surface area is 114 Å². The van der Waals surface area contributed by atoms with E-state index in [9.17, 15) is 9.59 Å². The molecule has 0 radical (unpaired) electrons. The number of hydrogen-bond acceptors (Lipinski definition) is 5. The second kappa shape index (κ2) is 7.94. The van der Waals surface area contributed by atoms with E-state index >= 15 is 0 Å². The van der Waals surface area contributed by atoms with Gasteiger partial charge in [0, 0.05) is 13.0 Å². The second-order valence-corrected chi connectivity index (χ2v) is 4.85. The van der Waals surface area contributed by atoms with Gasteiger partial charge in [-0.25, -0.2) is 0 Å². The zero-order chi connectivity index (χ0) is 14.3. The molecule has 1 heterocycles. The molecule has 19 heavy (non-hydrogen) atoms. The second-order valence-electron chi connectivity index (χ2n) is 4.85. The molecule has 0 amide bonds. The predicted molar refractivity (Wildman–Crippen MR) is 71.5 cm³/mol. The summed E-state index contributed by atoms with van der Waals surface area (Å²) in [6, 6.07) is -0.0916. The third-order valence-corrected chi connectivity index (χ3v) is 3.31. The summed E-state index contributed by atoms with van der Waals surface area (Å²) in [6.07, 6.45) is 6.65. The Balaban J connectivity index is 2.31. The van der Waals surface area contributed by atoms with Gasteiger partial charge in [-0.15, -0.1) is 0 Å². The van der Waals surface area contributed by atoms with Gasteiger partial charge in [0.15, 0.2) is 0 Å². The molecule has 0 aromatic carbocycles. The molecule has 0 aromatic heterocycles. The Morgan fingerprint density at radius 3 is 2.63 bits per heavy atom. The minimum absolute atomic E-state index is 0.238. The maximum Gasteiger partial charge on any atom is 0.326 e. The molecule has 0 aromatic rings. The van der Waals surface area contributed by atoms with Gasteiger partial charge < -0.3 is 9.47 Å². The van der Waals surface area contributed by atoms with E-state index < -0.39 is 0 Å². The van der Waals surface area contributed by atoms with Crippen LogP contribution in [-0.2, 0) is 19.1 Å². The molecule has 0 spiro atoms. The van der Waals surface area contributed by atoms with Crippen LogP contribution >= 0.6 is 0 Å². The molecular formula is C14H23NO4. The molecule has 0 saturated carbocycles. The number of carbonyl (C=O) groups excluding carboxylic acids is 2. The first kappa shape index (κ1) is 15.7. The van der Waals surface area contributed by atoms with E-state index in [4.69, 9.17) is 9.47 Å². The summed E-state index contributed by atoms with van der Waals surface area (Å²) in [5, 5.41) is 3.28. The maximum absolute atomic E-state index is 11.5. The third kappa shape index (κ3) is 5.42. The zero-order valence-corrected chi connectivity index (χ0v) is 11.8. The van der Waals surface area contributed by atoms with Crippen molar-refractivity contribution >= 4 is 11.9 Å². The average Bonchev–Trinajstić information content (AvgIpc) is 2.39. The van der Waals surface area contributed by atoms with Gasteiger partial charge in [0.05, 0.1) is 13.7 Å². The molecule has 1 aliphatic heterocycles. The molecule has 1 aliphatic rings. The summed E-state index contributed by atoms with van der Waals surface area (Å²) in [7, 11) is 1.39. The van der Waals surface area contributed by atoms with Crippen molar-refractivity contribution < 1.29 is 19.1 Å². The summed E-state index contributed by atoms with van der Waals surface area (Å²) < 4.78 is 9.62. The Hall–Kier alpha value is -1.36. The van der Waals surface area contributed by atoms with Gasteiger partial charge in [0.25, 0.3) is 0 Å². The van der Waals surface area contributed by atoms with Crippen molar-refractivity contribution in [3.05, 3.63) is 12.2 Å². The van der Waals surface area contributed by atoms with Crippen LogP contribution < -0.4 is 5.32 Å². The van der Waals surface area contributed by atoms with Crippen LogP contribution in [0.25, 0.3) is 0 Å². The summed E-state index contributed by atoms with van der Waals surface area (Å²) in [4.78, 5) is 22.1. The fraction of sp³-hybridized carbons (Fsp3) is 0.714. The third-order valence-electron chi connectivity index (χ3n) is 3.31. The van der Waals surface area contributed by atoms with Gasteiger partial charge in [-0.05, 0) is 25.2 Å². The minimum atomic E-state index is -0.348. The van der Waals surface area contributed by atoms with Gasteiger partial charge >= 0.3 is 11.9 Å². The van der Waals surface area contributed by atoms with Gasteiger partial charge in [0.1, 0.15) is 6.04 Å². The van der Waals surface area contributed by atoms with Crippen molar-refractivity contribution in [1.82, 2.24) is 5.32 Å². The van der Waals surface area contributed by atoms with E-state index in [0.29, 0.717) is 12.5 Å². The molecule has 5 nitrogen and oxygen atoms in total. The van der Waals surface area contributed by atoms with E-state index in [1.807, 2.05) is 6.08 Å². The number of esters is 2. The van der Waals surface area contributed by atoms with Crippen molar-refractivity contribution in [3.63, 3.8) is 0 Å². The molecule has 3 atom stereocenters. The van der Waals surface area contributed by atoms with Crippen LogP contribution in [0, 0.1) is 5.92 Å². The Morgan fingerprint density at radius 2 is 2.00 bits per heavy atom. The fourth-order valence-corrected chi connectivity index (χ4v) is 2.16. The van der Waals surface area contributed by atoms with E-state index in [-0.39, 0.29) is 24.0 Å². The van der Waals surface area contributed by atoms with Crippen molar-refractivity contribution in [2.75, 3.05) is 13.7 Å². The number of ether oxygens (including phenoxy) is 2. The largest absolute Gasteiger partial charge is 0.468 e. The highest BCUT2D eigenvalue weighted by atomic mass is 16.5.